The molecule has 36 heavy (non-hydrogen) atoms. The van der Waals surface area contributed by atoms with Crippen molar-refractivity contribution in [2.45, 2.75) is 26.7 Å². The lowest BCUT2D eigenvalue weighted by atomic mass is 10.1. The van der Waals surface area contributed by atoms with Crippen LogP contribution in [0.5, 0.6) is 0 Å². The molecule has 3 N–H and O–H groups in total. The van der Waals surface area contributed by atoms with Crippen LogP contribution in [0.2, 0.25) is 0 Å². The summed E-state index contributed by atoms with van der Waals surface area (Å²) in [5.41, 5.74) is 6.67. The molecule has 0 aliphatic carbocycles. The molecule has 0 spiro atoms. The van der Waals surface area contributed by atoms with Crippen LogP contribution in [0, 0.1) is 6.92 Å². The van der Waals surface area contributed by atoms with E-state index < -0.39 is 0 Å². The van der Waals surface area contributed by atoms with E-state index in [0.29, 0.717) is 12.1 Å². The Labute approximate surface area is 210 Å². The Bertz CT molecular complexity index is 1730. The van der Waals surface area contributed by atoms with E-state index >= 15 is 0 Å². The maximum Gasteiger partial charge on any atom is 0.224 e. The van der Waals surface area contributed by atoms with Gasteiger partial charge in [-0.05, 0) is 49.7 Å². The van der Waals surface area contributed by atoms with E-state index in [4.69, 9.17) is 0 Å². The summed E-state index contributed by atoms with van der Waals surface area (Å²) in [6.45, 7) is 4.09. The second-order valence-electron chi connectivity index (χ2n) is 8.66. The summed E-state index contributed by atoms with van der Waals surface area (Å²) in [7, 11) is 0. The second-order valence-corrected chi connectivity index (χ2v) is 9.95. The number of pyridine rings is 3. The maximum absolute atomic E-state index is 12.0. The second kappa shape index (κ2) is 9.01. The van der Waals surface area contributed by atoms with E-state index in [1.165, 1.54) is 9.75 Å². The van der Waals surface area contributed by atoms with Crippen LogP contribution in [0.4, 0.5) is 5.69 Å². The molecule has 9 heteroatoms. The molecular weight excluding hydrogens is 470 g/mol. The van der Waals surface area contributed by atoms with Crippen LogP contribution in [-0.4, -0.2) is 36.0 Å². The number of H-pyrrole nitrogens is 2. The number of nitrogens with zero attached hydrogens (tertiary/aromatic N) is 4. The summed E-state index contributed by atoms with van der Waals surface area (Å²) in [5, 5.41) is 12.6. The number of thiophene rings is 1. The van der Waals surface area contributed by atoms with Crippen LogP contribution in [-0.2, 0) is 4.79 Å². The zero-order valence-electron chi connectivity index (χ0n) is 19.8. The summed E-state index contributed by atoms with van der Waals surface area (Å²) in [5.74, 6) is -0.0264. The van der Waals surface area contributed by atoms with Gasteiger partial charge in [0.15, 0.2) is 0 Å². The highest BCUT2D eigenvalue weighted by molar-refractivity contribution is 7.15. The highest BCUT2D eigenvalue weighted by atomic mass is 32.1. The molecule has 0 aliphatic heterocycles. The molecule has 178 valence electrons. The van der Waals surface area contributed by atoms with E-state index in [9.17, 15) is 4.79 Å². The largest absolute Gasteiger partial charge is 0.338 e. The number of hydrogen-bond acceptors (Lipinski definition) is 6. The number of hydrogen-bond donors (Lipinski definition) is 3. The Morgan fingerprint density at radius 2 is 1.97 bits per heavy atom. The van der Waals surface area contributed by atoms with E-state index in [0.717, 1.165) is 56.6 Å². The van der Waals surface area contributed by atoms with Gasteiger partial charge in [-0.25, -0.2) is 4.98 Å². The minimum absolute atomic E-state index is 0.0264. The fourth-order valence-corrected chi connectivity index (χ4v) is 5.23. The van der Waals surface area contributed by atoms with Crippen molar-refractivity contribution in [2.24, 2.45) is 0 Å². The molecule has 0 atom stereocenters. The van der Waals surface area contributed by atoms with Crippen LogP contribution in [0.15, 0.2) is 61.2 Å². The average Bonchev–Trinajstić information content (AvgIpc) is 3.61. The van der Waals surface area contributed by atoms with E-state index in [-0.39, 0.29) is 5.91 Å². The number of nitrogens with one attached hydrogen (secondary N) is 3. The summed E-state index contributed by atoms with van der Waals surface area (Å²) >= 11 is 1.77. The average molecular weight is 494 g/mol. The summed E-state index contributed by atoms with van der Waals surface area (Å²) in [6, 6.07) is 12.3. The summed E-state index contributed by atoms with van der Waals surface area (Å²) < 4.78 is 0. The van der Waals surface area contributed by atoms with Gasteiger partial charge in [-0.1, -0.05) is 6.92 Å². The van der Waals surface area contributed by atoms with Crippen LogP contribution in [0.1, 0.15) is 24.6 Å². The van der Waals surface area contributed by atoms with Gasteiger partial charge in [0.25, 0.3) is 0 Å². The molecular formula is C27H23N7OS. The van der Waals surface area contributed by atoms with Crippen molar-refractivity contribution >= 4 is 44.9 Å². The minimum Gasteiger partial charge on any atom is -0.338 e. The minimum atomic E-state index is -0.0264. The molecule has 0 bridgehead atoms. The van der Waals surface area contributed by atoms with Crippen LogP contribution < -0.4 is 5.32 Å². The van der Waals surface area contributed by atoms with Crippen LogP contribution in [0.25, 0.3) is 55.0 Å². The first-order valence-electron chi connectivity index (χ1n) is 11.7. The molecule has 8 nitrogen and oxygen atoms in total. The van der Waals surface area contributed by atoms with Gasteiger partial charge in [0, 0.05) is 50.5 Å². The lowest BCUT2D eigenvalue weighted by Gasteiger charge is -2.06. The predicted molar refractivity (Wildman–Crippen MR) is 144 cm³/mol. The molecule has 6 aromatic rings. The number of rotatable bonds is 6. The summed E-state index contributed by atoms with van der Waals surface area (Å²) in [6.07, 6.45) is 8.24. The number of aryl methyl sites for hydroxylation is 1. The first-order valence-corrected chi connectivity index (χ1v) is 12.5. The number of aromatic amines is 2. The van der Waals surface area contributed by atoms with Gasteiger partial charge in [0.2, 0.25) is 5.91 Å². The maximum atomic E-state index is 12.0. The third-order valence-corrected chi connectivity index (χ3v) is 7.07. The Kier molecular flexibility index (Phi) is 5.54. The lowest BCUT2D eigenvalue weighted by Crippen LogP contribution is -2.10. The van der Waals surface area contributed by atoms with Gasteiger partial charge in [-0.15, -0.1) is 11.3 Å². The Morgan fingerprint density at radius 1 is 1.06 bits per heavy atom. The molecule has 6 heterocycles. The molecule has 0 aromatic carbocycles. The van der Waals surface area contributed by atoms with E-state index in [1.54, 1.807) is 29.9 Å². The normalized spacial score (nSPS) is 11.4. The topological polar surface area (TPSA) is 112 Å². The molecule has 0 radical (unpaired) electrons. The predicted octanol–water partition coefficient (Wildman–Crippen LogP) is 6.34. The molecule has 0 unspecified atom stereocenters. The van der Waals surface area contributed by atoms with Gasteiger partial charge in [0.05, 0.1) is 35.0 Å². The fraction of sp³-hybridized carbons (Fsp3) is 0.148. The standard InChI is InChI=1S/C27H23N7OS/c1-3-4-25(35)31-17-9-16(12-28-13-17)21-11-20-23(14-30-21)33-34-26(20)22-10-19-18(7-8-29-27(19)32-22)24-6-5-15(2)36-24/h5-14H,3-4H2,1-2H3,(H,29,32)(H,31,35)(H,33,34). The zero-order chi connectivity index (χ0) is 24.6. The molecule has 0 saturated carbocycles. The highest BCUT2D eigenvalue weighted by Crippen LogP contribution is 2.36. The molecule has 0 fully saturated rings. The molecule has 0 saturated heterocycles. The molecule has 1 amide bonds. The van der Waals surface area contributed by atoms with Crippen molar-refractivity contribution in [3.63, 3.8) is 0 Å². The van der Waals surface area contributed by atoms with Crippen molar-refractivity contribution in [1.29, 1.82) is 0 Å². The number of anilines is 1. The Balaban J connectivity index is 1.40. The van der Waals surface area contributed by atoms with E-state index in [1.807, 2.05) is 25.3 Å². The van der Waals surface area contributed by atoms with E-state index in [2.05, 4.69) is 66.6 Å². The molecule has 0 aliphatic rings. The monoisotopic (exact) mass is 493 g/mol. The first kappa shape index (κ1) is 22.1. The van der Waals surface area contributed by atoms with Crippen molar-refractivity contribution < 1.29 is 4.79 Å². The van der Waals surface area contributed by atoms with Crippen molar-refractivity contribution in [3.8, 4) is 33.1 Å². The van der Waals surface area contributed by atoms with Crippen LogP contribution in [0.3, 0.4) is 0 Å². The molecule has 6 aromatic heterocycles. The SMILES string of the molecule is CCCC(=O)Nc1cncc(-c2cc3c(-c4cc5c(-c6ccc(C)s6)ccnc5[nH]4)n[nH]c3cn2)c1. The van der Waals surface area contributed by atoms with Gasteiger partial charge >= 0.3 is 0 Å². The Hall–Kier alpha value is -4.37. The first-order chi connectivity index (χ1) is 17.6. The Morgan fingerprint density at radius 3 is 2.81 bits per heavy atom. The zero-order valence-corrected chi connectivity index (χ0v) is 20.6. The van der Waals surface area contributed by atoms with Gasteiger partial charge in [-0.3, -0.25) is 19.9 Å². The number of aromatic nitrogens is 6. The molecule has 6 rings (SSSR count). The lowest BCUT2D eigenvalue weighted by molar-refractivity contribution is -0.116. The number of carbonyl (C=O) groups excluding carboxylic acids is 1. The quantitative estimate of drug-likeness (QED) is 0.251. The smallest absolute Gasteiger partial charge is 0.224 e. The van der Waals surface area contributed by atoms with Crippen molar-refractivity contribution in [3.05, 3.63) is 66.1 Å². The third kappa shape index (κ3) is 4.03. The van der Waals surface area contributed by atoms with Crippen molar-refractivity contribution in [1.82, 2.24) is 30.1 Å². The van der Waals surface area contributed by atoms with Crippen LogP contribution >= 0.6 is 11.3 Å². The van der Waals surface area contributed by atoms with Gasteiger partial charge < -0.3 is 10.3 Å². The fourth-order valence-electron chi connectivity index (χ4n) is 4.33. The highest BCUT2D eigenvalue weighted by Gasteiger charge is 2.16. The number of amides is 1. The number of fused-ring (bicyclic) bond motifs is 2. The summed E-state index contributed by atoms with van der Waals surface area (Å²) in [4.78, 5) is 31.4. The van der Waals surface area contributed by atoms with Gasteiger partial charge in [0.1, 0.15) is 11.3 Å². The van der Waals surface area contributed by atoms with Crippen molar-refractivity contribution in [2.75, 3.05) is 5.32 Å². The van der Waals surface area contributed by atoms with Gasteiger partial charge in [-0.2, -0.15) is 5.10 Å². The third-order valence-electron chi connectivity index (χ3n) is 6.03. The number of carbonyl (C=O) groups is 1.